The summed E-state index contributed by atoms with van der Waals surface area (Å²) in [6.07, 6.45) is 1.08. The Bertz CT molecular complexity index is 1650. The Labute approximate surface area is 220 Å². The van der Waals surface area contributed by atoms with Crippen molar-refractivity contribution >= 4 is 33.2 Å². The van der Waals surface area contributed by atoms with Crippen LogP contribution in [0, 0.1) is 11.3 Å². The van der Waals surface area contributed by atoms with E-state index in [1.165, 1.54) is 29.4 Å². The molecule has 10 heteroatoms. The molecule has 6 nitrogen and oxygen atoms in total. The minimum atomic E-state index is -4.44. The van der Waals surface area contributed by atoms with Gasteiger partial charge < -0.3 is 14.5 Å². The van der Waals surface area contributed by atoms with E-state index < -0.39 is 11.7 Å². The molecule has 0 atom stereocenters. The molecule has 2 heterocycles. The zero-order chi connectivity index (χ0) is 26.9. The third-order valence-electron chi connectivity index (χ3n) is 6.35. The summed E-state index contributed by atoms with van der Waals surface area (Å²) in [5.74, 6) is 0.857. The standard InChI is InChI=1S/C28H22F3N3O3S/c1-36-22-13-16(9-10-21(22)37-15-17-5-4-6-19(12-17)28(29,30)31)11-18(14-32)25-33-26(35)24-20-7-2-3-8-23(20)38-27(24)34-25/h4-6,9-13H,2-3,7-8,15H2,1H3,(H,33,34,35). The monoisotopic (exact) mass is 537 g/mol. The maximum absolute atomic E-state index is 13.0. The number of nitrogens with zero attached hydrogens (tertiary/aromatic N) is 2. The second-order valence-electron chi connectivity index (χ2n) is 8.87. The molecule has 5 rings (SSSR count). The smallest absolute Gasteiger partial charge is 0.416 e. The first-order valence-electron chi connectivity index (χ1n) is 11.9. The van der Waals surface area contributed by atoms with Gasteiger partial charge in [-0.1, -0.05) is 18.2 Å². The fraction of sp³-hybridized carbons (Fsp3) is 0.250. The SMILES string of the molecule is COc1cc(C=C(C#N)c2nc3sc4c(c3c(=O)[nH]2)CCCC4)ccc1OCc1cccc(C(F)(F)F)c1. The Balaban J connectivity index is 1.41. The topological polar surface area (TPSA) is 88.0 Å². The highest BCUT2D eigenvalue weighted by atomic mass is 32.1. The first-order chi connectivity index (χ1) is 18.3. The highest BCUT2D eigenvalue weighted by Gasteiger charge is 2.30. The quantitative estimate of drug-likeness (QED) is 0.283. The lowest BCUT2D eigenvalue weighted by Gasteiger charge is -2.13. The second kappa shape index (κ2) is 10.3. The number of hydrogen-bond acceptors (Lipinski definition) is 6. The maximum atomic E-state index is 13.0. The van der Waals surface area contributed by atoms with Gasteiger partial charge in [-0.25, -0.2) is 4.98 Å². The van der Waals surface area contributed by atoms with Crippen LogP contribution in [-0.4, -0.2) is 17.1 Å². The minimum absolute atomic E-state index is 0.0884. The van der Waals surface area contributed by atoms with Crippen LogP contribution in [0.4, 0.5) is 13.2 Å². The number of benzene rings is 2. The van der Waals surface area contributed by atoms with Gasteiger partial charge in [-0.15, -0.1) is 11.3 Å². The zero-order valence-corrected chi connectivity index (χ0v) is 21.1. The van der Waals surface area contributed by atoms with Gasteiger partial charge in [0.1, 0.15) is 17.5 Å². The number of nitriles is 1. The number of hydrogen-bond donors (Lipinski definition) is 1. The summed E-state index contributed by atoms with van der Waals surface area (Å²) in [6.45, 7) is -0.0884. The Morgan fingerprint density at radius 3 is 2.76 bits per heavy atom. The van der Waals surface area contributed by atoms with Crippen LogP contribution >= 0.6 is 11.3 Å². The maximum Gasteiger partial charge on any atom is 0.416 e. The molecule has 2 aromatic heterocycles. The van der Waals surface area contributed by atoms with Crippen molar-refractivity contribution in [3.05, 3.63) is 85.8 Å². The number of alkyl halides is 3. The average molecular weight is 538 g/mol. The van der Waals surface area contributed by atoms with Crippen LogP contribution < -0.4 is 15.0 Å². The Kier molecular flexibility index (Phi) is 6.95. The van der Waals surface area contributed by atoms with E-state index in [0.717, 1.165) is 43.4 Å². The van der Waals surface area contributed by atoms with E-state index in [9.17, 15) is 23.2 Å². The number of ether oxygens (including phenoxy) is 2. The summed E-state index contributed by atoms with van der Waals surface area (Å²) in [5.41, 5.74) is 1.21. The summed E-state index contributed by atoms with van der Waals surface area (Å²) in [4.78, 5) is 22.1. The zero-order valence-electron chi connectivity index (χ0n) is 20.3. The third kappa shape index (κ3) is 5.15. The molecule has 0 saturated carbocycles. The van der Waals surface area contributed by atoms with Crippen molar-refractivity contribution in [1.82, 2.24) is 9.97 Å². The van der Waals surface area contributed by atoms with E-state index in [4.69, 9.17) is 9.47 Å². The van der Waals surface area contributed by atoms with Gasteiger partial charge in [0, 0.05) is 4.88 Å². The van der Waals surface area contributed by atoms with Crippen LogP contribution in [-0.2, 0) is 25.6 Å². The summed E-state index contributed by atoms with van der Waals surface area (Å²) >= 11 is 1.51. The molecular formula is C28H22F3N3O3S. The van der Waals surface area contributed by atoms with Crippen molar-refractivity contribution in [2.24, 2.45) is 0 Å². The molecule has 0 bridgehead atoms. The van der Waals surface area contributed by atoms with Crippen LogP contribution in [0.2, 0.25) is 0 Å². The van der Waals surface area contributed by atoms with Crippen LogP contribution in [0.5, 0.6) is 11.5 Å². The summed E-state index contributed by atoms with van der Waals surface area (Å²) in [6, 6.07) is 12.0. The molecule has 0 spiro atoms. The van der Waals surface area contributed by atoms with Gasteiger partial charge >= 0.3 is 6.18 Å². The van der Waals surface area contributed by atoms with Crippen LogP contribution in [0.1, 0.15) is 45.8 Å². The second-order valence-corrected chi connectivity index (χ2v) is 9.96. The molecule has 0 unspecified atom stereocenters. The van der Waals surface area contributed by atoms with Crippen LogP contribution in [0.3, 0.4) is 0 Å². The van der Waals surface area contributed by atoms with Gasteiger partial charge in [-0.3, -0.25) is 4.79 Å². The largest absolute Gasteiger partial charge is 0.493 e. The van der Waals surface area contributed by atoms with E-state index in [1.807, 2.05) is 0 Å². The molecule has 1 N–H and O–H groups in total. The fourth-order valence-electron chi connectivity index (χ4n) is 4.50. The van der Waals surface area contributed by atoms with Crippen LogP contribution in [0.25, 0.3) is 21.9 Å². The first-order valence-corrected chi connectivity index (χ1v) is 12.7. The van der Waals surface area contributed by atoms with Crippen molar-refractivity contribution in [2.75, 3.05) is 7.11 Å². The van der Waals surface area contributed by atoms with Crippen molar-refractivity contribution < 1.29 is 22.6 Å². The van der Waals surface area contributed by atoms with Crippen molar-refractivity contribution in [2.45, 2.75) is 38.5 Å². The number of H-pyrrole nitrogens is 1. The Morgan fingerprint density at radius 2 is 2.00 bits per heavy atom. The molecule has 0 fully saturated rings. The lowest BCUT2D eigenvalue weighted by molar-refractivity contribution is -0.137. The number of fused-ring (bicyclic) bond motifs is 3. The molecule has 1 aliphatic rings. The average Bonchev–Trinajstić information content (AvgIpc) is 3.29. The number of aromatic nitrogens is 2. The van der Waals surface area contributed by atoms with E-state index in [0.29, 0.717) is 32.8 Å². The van der Waals surface area contributed by atoms with E-state index >= 15 is 0 Å². The normalized spacial score (nSPS) is 13.7. The molecule has 194 valence electrons. The number of aryl methyl sites for hydroxylation is 2. The molecular weight excluding hydrogens is 515 g/mol. The number of allylic oxidation sites excluding steroid dienone is 1. The van der Waals surface area contributed by atoms with Gasteiger partial charge in [-0.2, -0.15) is 18.4 Å². The molecule has 0 aliphatic heterocycles. The van der Waals surface area contributed by atoms with Gasteiger partial charge in [0.15, 0.2) is 17.3 Å². The molecule has 1 aliphatic carbocycles. The minimum Gasteiger partial charge on any atom is -0.493 e. The summed E-state index contributed by atoms with van der Waals surface area (Å²) < 4.78 is 50.1. The number of aromatic amines is 1. The van der Waals surface area contributed by atoms with E-state index in [1.54, 1.807) is 30.3 Å². The fourth-order valence-corrected chi connectivity index (χ4v) is 5.77. The number of rotatable bonds is 6. The van der Waals surface area contributed by atoms with Crippen LogP contribution in [0.15, 0.2) is 47.3 Å². The van der Waals surface area contributed by atoms with Gasteiger partial charge in [0.25, 0.3) is 5.56 Å². The highest BCUT2D eigenvalue weighted by Crippen LogP contribution is 2.35. The number of methoxy groups -OCH3 is 1. The predicted octanol–water partition coefficient (Wildman–Crippen LogP) is 6.53. The number of halogens is 3. The van der Waals surface area contributed by atoms with E-state index in [-0.39, 0.29) is 23.6 Å². The highest BCUT2D eigenvalue weighted by molar-refractivity contribution is 7.18. The summed E-state index contributed by atoms with van der Waals surface area (Å²) in [7, 11) is 1.44. The van der Waals surface area contributed by atoms with Crippen molar-refractivity contribution in [3.8, 4) is 17.6 Å². The Hall–Kier alpha value is -4.10. The Morgan fingerprint density at radius 1 is 1.18 bits per heavy atom. The van der Waals surface area contributed by atoms with Crippen molar-refractivity contribution in [1.29, 1.82) is 5.26 Å². The third-order valence-corrected chi connectivity index (χ3v) is 7.53. The summed E-state index contributed by atoms with van der Waals surface area (Å²) in [5, 5.41) is 10.4. The van der Waals surface area contributed by atoms with Gasteiger partial charge in [0.05, 0.1) is 23.6 Å². The molecule has 0 saturated heterocycles. The predicted molar refractivity (Wildman–Crippen MR) is 139 cm³/mol. The number of nitrogens with one attached hydrogen (secondary N) is 1. The molecule has 38 heavy (non-hydrogen) atoms. The van der Waals surface area contributed by atoms with E-state index in [2.05, 4.69) is 16.0 Å². The molecule has 0 radical (unpaired) electrons. The van der Waals surface area contributed by atoms with Crippen molar-refractivity contribution in [3.63, 3.8) is 0 Å². The number of thiophene rings is 1. The first kappa shape index (κ1) is 25.5. The van der Waals surface area contributed by atoms with Gasteiger partial charge in [0.2, 0.25) is 0 Å². The lowest BCUT2D eigenvalue weighted by atomic mass is 9.97. The lowest BCUT2D eigenvalue weighted by Crippen LogP contribution is -2.12. The van der Waals surface area contributed by atoms with Gasteiger partial charge in [-0.05, 0) is 72.7 Å². The molecule has 2 aromatic carbocycles. The molecule has 4 aromatic rings. The molecule has 0 amide bonds.